The van der Waals surface area contributed by atoms with Crippen LogP contribution in [0.5, 0.6) is 5.75 Å². The fourth-order valence-electron chi connectivity index (χ4n) is 1.70. The quantitative estimate of drug-likeness (QED) is 0.676. The van der Waals surface area contributed by atoms with Gasteiger partial charge in [-0.1, -0.05) is 12.1 Å². The number of hydrogen-bond acceptors (Lipinski definition) is 1. The van der Waals surface area contributed by atoms with Crippen molar-refractivity contribution in [1.29, 1.82) is 0 Å². The molecule has 0 amide bonds. The van der Waals surface area contributed by atoms with Crippen molar-refractivity contribution in [3.8, 4) is 5.75 Å². The van der Waals surface area contributed by atoms with Gasteiger partial charge < -0.3 is 4.74 Å². The third kappa shape index (κ3) is 1.80. The summed E-state index contributed by atoms with van der Waals surface area (Å²) in [4.78, 5) is 0. The highest BCUT2D eigenvalue weighted by atomic mass is 35.5. The predicted molar refractivity (Wildman–Crippen MR) is 54.6 cm³/mol. The SMILES string of the molecule is COc1cccc(C2CC2CCl)c1. The molecule has 1 nitrogen and oxygen atoms in total. The molecule has 1 aliphatic rings. The molecule has 1 aromatic carbocycles. The van der Waals surface area contributed by atoms with Gasteiger partial charge in [0, 0.05) is 5.88 Å². The van der Waals surface area contributed by atoms with E-state index in [2.05, 4.69) is 12.1 Å². The Bertz CT molecular complexity index is 298. The van der Waals surface area contributed by atoms with Gasteiger partial charge in [0.2, 0.25) is 0 Å². The molecule has 70 valence electrons. The van der Waals surface area contributed by atoms with E-state index >= 15 is 0 Å². The monoisotopic (exact) mass is 196 g/mol. The molecule has 1 aromatic rings. The second kappa shape index (κ2) is 3.59. The molecule has 2 rings (SSSR count). The van der Waals surface area contributed by atoms with Crippen LogP contribution in [0.4, 0.5) is 0 Å². The molecule has 13 heavy (non-hydrogen) atoms. The molecule has 1 aliphatic carbocycles. The first-order chi connectivity index (χ1) is 6.35. The highest BCUT2D eigenvalue weighted by molar-refractivity contribution is 6.18. The highest BCUT2D eigenvalue weighted by Crippen LogP contribution is 2.48. The highest BCUT2D eigenvalue weighted by Gasteiger charge is 2.37. The van der Waals surface area contributed by atoms with Crippen LogP contribution in [0.1, 0.15) is 17.9 Å². The van der Waals surface area contributed by atoms with E-state index in [4.69, 9.17) is 16.3 Å². The molecule has 2 heteroatoms. The summed E-state index contributed by atoms with van der Waals surface area (Å²) < 4.78 is 5.17. The Kier molecular flexibility index (Phi) is 2.45. The number of halogens is 1. The molecule has 0 saturated heterocycles. The van der Waals surface area contributed by atoms with Crippen LogP contribution >= 0.6 is 11.6 Å². The summed E-state index contributed by atoms with van der Waals surface area (Å²) in [6.45, 7) is 0. The Balaban J connectivity index is 2.13. The van der Waals surface area contributed by atoms with Crippen molar-refractivity contribution in [2.45, 2.75) is 12.3 Å². The Hall–Kier alpha value is -0.690. The third-order valence-electron chi connectivity index (χ3n) is 2.64. The Morgan fingerprint density at radius 3 is 3.00 bits per heavy atom. The number of methoxy groups -OCH3 is 1. The fourth-order valence-corrected chi connectivity index (χ4v) is 2.04. The van der Waals surface area contributed by atoms with Crippen molar-refractivity contribution < 1.29 is 4.74 Å². The summed E-state index contributed by atoms with van der Waals surface area (Å²) >= 11 is 5.79. The Labute approximate surface area is 83.7 Å². The van der Waals surface area contributed by atoms with E-state index in [0.717, 1.165) is 11.6 Å². The molecule has 0 aromatic heterocycles. The van der Waals surface area contributed by atoms with E-state index in [9.17, 15) is 0 Å². The van der Waals surface area contributed by atoms with Gasteiger partial charge in [-0.2, -0.15) is 0 Å². The van der Waals surface area contributed by atoms with Gasteiger partial charge in [-0.05, 0) is 36.0 Å². The van der Waals surface area contributed by atoms with Crippen molar-refractivity contribution >= 4 is 11.6 Å². The second-order valence-electron chi connectivity index (χ2n) is 3.53. The maximum atomic E-state index is 5.79. The van der Waals surface area contributed by atoms with Gasteiger partial charge in [0.05, 0.1) is 7.11 Å². The average Bonchev–Trinajstić information content (AvgIpc) is 2.97. The molecule has 0 spiro atoms. The van der Waals surface area contributed by atoms with E-state index in [0.29, 0.717) is 11.8 Å². The Morgan fingerprint density at radius 1 is 1.54 bits per heavy atom. The average molecular weight is 197 g/mol. The van der Waals surface area contributed by atoms with Crippen LogP contribution in [0.2, 0.25) is 0 Å². The number of rotatable bonds is 3. The first kappa shape index (κ1) is 8.89. The molecule has 0 aliphatic heterocycles. The van der Waals surface area contributed by atoms with Gasteiger partial charge in [-0.15, -0.1) is 11.6 Å². The van der Waals surface area contributed by atoms with Crippen LogP contribution in [0, 0.1) is 5.92 Å². The molecular weight excluding hydrogens is 184 g/mol. The lowest BCUT2D eigenvalue weighted by Gasteiger charge is -2.02. The van der Waals surface area contributed by atoms with Gasteiger partial charge in [0.15, 0.2) is 0 Å². The standard InChI is InChI=1S/C11H13ClO/c1-13-10-4-2-3-8(5-10)11-6-9(11)7-12/h2-5,9,11H,6-7H2,1H3. The largest absolute Gasteiger partial charge is 0.497 e. The van der Waals surface area contributed by atoms with Crippen molar-refractivity contribution in [3.63, 3.8) is 0 Å². The lowest BCUT2D eigenvalue weighted by atomic mass is 10.1. The van der Waals surface area contributed by atoms with Gasteiger partial charge in [0.25, 0.3) is 0 Å². The maximum absolute atomic E-state index is 5.79. The molecule has 2 unspecified atom stereocenters. The minimum atomic E-state index is 0.674. The zero-order valence-corrected chi connectivity index (χ0v) is 8.42. The second-order valence-corrected chi connectivity index (χ2v) is 3.84. The smallest absolute Gasteiger partial charge is 0.119 e. The van der Waals surface area contributed by atoms with Gasteiger partial charge in [-0.3, -0.25) is 0 Å². The molecular formula is C11H13ClO. The number of alkyl halides is 1. The molecule has 0 bridgehead atoms. The first-order valence-electron chi connectivity index (χ1n) is 4.55. The van der Waals surface area contributed by atoms with Crippen LogP contribution in [0.15, 0.2) is 24.3 Å². The summed E-state index contributed by atoms with van der Waals surface area (Å²) in [5.74, 6) is 3.08. The van der Waals surface area contributed by atoms with Crippen molar-refractivity contribution in [3.05, 3.63) is 29.8 Å². The van der Waals surface area contributed by atoms with E-state index in [1.165, 1.54) is 12.0 Å². The molecule has 0 heterocycles. The van der Waals surface area contributed by atoms with Crippen LogP contribution in [-0.2, 0) is 0 Å². The third-order valence-corrected chi connectivity index (χ3v) is 3.04. The van der Waals surface area contributed by atoms with Crippen molar-refractivity contribution in [2.24, 2.45) is 5.92 Å². The van der Waals surface area contributed by atoms with Crippen LogP contribution < -0.4 is 4.74 Å². The lowest BCUT2D eigenvalue weighted by molar-refractivity contribution is 0.414. The van der Waals surface area contributed by atoms with E-state index < -0.39 is 0 Å². The van der Waals surface area contributed by atoms with E-state index in [-0.39, 0.29) is 0 Å². The summed E-state index contributed by atoms with van der Waals surface area (Å²) in [5.41, 5.74) is 1.37. The van der Waals surface area contributed by atoms with Crippen LogP contribution in [-0.4, -0.2) is 13.0 Å². The molecule has 2 atom stereocenters. The zero-order chi connectivity index (χ0) is 9.26. The van der Waals surface area contributed by atoms with E-state index in [1.807, 2.05) is 12.1 Å². The zero-order valence-electron chi connectivity index (χ0n) is 7.66. The fraction of sp³-hybridized carbons (Fsp3) is 0.455. The van der Waals surface area contributed by atoms with Crippen LogP contribution in [0.25, 0.3) is 0 Å². The van der Waals surface area contributed by atoms with Gasteiger partial charge >= 0.3 is 0 Å². The molecule has 1 fully saturated rings. The molecule has 0 radical (unpaired) electrons. The Morgan fingerprint density at radius 2 is 2.38 bits per heavy atom. The first-order valence-corrected chi connectivity index (χ1v) is 5.08. The predicted octanol–water partition coefficient (Wildman–Crippen LogP) is 3.04. The van der Waals surface area contributed by atoms with Crippen LogP contribution in [0.3, 0.4) is 0 Å². The topological polar surface area (TPSA) is 9.23 Å². The summed E-state index contributed by atoms with van der Waals surface area (Å²) in [6, 6.07) is 8.27. The summed E-state index contributed by atoms with van der Waals surface area (Å²) in [7, 11) is 1.70. The number of hydrogen-bond donors (Lipinski definition) is 0. The number of benzene rings is 1. The minimum Gasteiger partial charge on any atom is -0.497 e. The van der Waals surface area contributed by atoms with Gasteiger partial charge in [0.1, 0.15) is 5.75 Å². The van der Waals surface area contributed by atoms with Gasteiger partial charge in [-0.25, -0.2) is 0 Å². The summed E-state index contributed by atoms with van der Waals surface area (Å²) in [5, 5.41) is 0. The minimum absolute atomic E-state index is 0.674. The molecule has 0 N–H and O–H groups in total. The van der Waals surface area contributed by atoms with Crippen molar-refractivity contribution in [1.82, 2.24) is 0 Å². The lowest BCUT2D eigenvalue weighted by Crippen LogP contribution is -1.87. The molecule has 1 saturated carbocycles. The maximum Gasteiger partial charge on any atom is 0.119 e. The normalized spacial score (nSPS) is 25.7. The van der Waals surface area contributed by atoms with E-state index in [1.54, 1.807) is 7.11 Å². The summed E-state index contributed by atoms with van der Waals surface area (Å²) in [6.07, 6.45) is 1.23. The number of ether oxygens (including phenoxy) is 1. The van der Waals surface area contributed by atoms with Crippen molar-refractivity contribution in [2.75, 3.05) is 13.0 Å².